The maximum atomic E-state index is 10.8. The molecule has 1 amide bonds. The van der Waals surface area contributed by atoms with E-state index in [9.17, 15) is 4.79 Å². The molecular weight excluding hydrogens is 340 g/mol. The van der Waals surface area contributed by atoms with Gasteiger partial charge in [-0.05, 0) is 36.5 Å². The van der Waals surface area contributed by atoms with Gasteiger partial charge in [0.25, 0.3) is 0 Å². The average Bonchev–Trinajstić information content (AvgIpc) is 2.94. The van der Waals surface area contributed by atoms with E-state index >= 15 is 0 Å². The van der Waals surface area contributed by atoms with Crippen LogP contribution in [0.5, 0.6) is 11.5 Å². The van der Waals surface area contributed by atoms with Crippen molar-refractivity contribution in [3.05, 3.63) is 41.2 Å². The number of nitrogens with one attached hydrogen (secondary N) is 3. The molecule has 25 heavy (non-hydrogen) atoms. The van der Waals surface area contributed by atoms with Crippen LogP contribution in [0.3, 0.4) is 0 Å². The number of hydrogen-bond donors (Lipinski definition) is 4. The fourth-order valence-corrected chi connectivity index (χ4v) is 2.20. The molecule has 0 radical (unpaired) electrons. The van der Waals surface area contributed by atoms with Crippen LogP contribution in [0.25, 0.3) is 11.0 Å². The highest BCUT2D eigenvalue weighted by atomic mass is 32.1. The number of carbonyl (C=O) groups is 1. The molecule has 3 rings (SSSR count). The van der Waals surface area contributed by atoms with Crippen LogP contribution in [0.1, 0.15) is 15.1 Å². The number of aromatic nitrogens is 2. The van der Waals surface area contributed by atoms with Gasteiger partial charge in [-0.2, -0.15) is 0 Å². The number of fused-ring (bicyclic) bond motifs is 1. The molecule has 0 saturated carbocycles. The Hall–Kier alpha value is -3.00. The van der Waals surface area contributed by atoms with Gasteiger partial charge in [-0.3, -0.25) is 4.79 Å². The minimum atomic E-state index is -2.51. The number of methoxy groups -OCH3 is 2. The quantitative estimate of drug-likeness (QED) is 0.420. The monoisotopic (exact) mass is 366 g/mol. The molecule has 0 spiro atoms. The zero-order valence-corrected chi connectivity index (χ0v) is 14.0. The number of carbonyl (C=O) groups excluding carboxylic acids is 1. The summed E-state index contributed by atoms with van der Waals surface area (Å²) in [5, 5.41) is 2.50. The molecular formula is C17H20N4O3S. The van der Waals surface area contributed by atoms with Gasteiger partial charge in [0.2, 0.25) is 5.91 Å². The lowest BCUT2D eigenvalue weighted by Gasteiger charge is -2.07. The molecule has 8 heteroatoms. The van der Waals surface area contributed by atoms with E-state index in [-0.39, 0.29) is 23.1 Å². The maximum absolute atomic E-state index is 10.8. The summed E-state index contributed by atoms with van der Waals surface area (Å²) in [6.45, 7) is 1.35. The Labute approximate surface area is 158 Å². The summed E-state index contributed by atoms with van der Waals surface area (Å²) in [6, 6.07) is 9.13. The van der Waals surface area contributed by atoms with Crippen LogP contribution in [0.15, 0.2) is 36.4 Å². The number of anilines is 2. The molecule has 1 aromatic heterocycles. The summed E-state index contributed by atoms with van der Waals surface area (Å²) in [6.07, 6.45) is 0. The number of rotatable bonds is 3. The van der Waals surface area contributed by atoms with E-state index in [0.717, 1.165) is 11.0 Å². The van der Waals surface area contributed by atoms with Crippen LogP contribution in [0.4, 0.5) is 11.4 Å². The van der Waals surface area contributed by atoms with Crippen LogP contribution < -0.4 is 20.5 Å². The van der Waals surface area contributed by atoms with Gasteiger partial charge in [0.15, 0.2) is 4.77 Å². The molecule has 0 unspecified atom stereocenters. The summed E-state index contributed by atoms with van der Waals surface area (Å²) in [7, 11) is -4.94. The van der Waals surface area contributed by atoms with Crippen molar-refractivity contribution in [2.45, 2.75) is 6.92 Å². The van der Waals surface area contributed by atoms with Crippen molar-refractivity contribution in [1.82, 2.24) is 9.97 Å². The minimum absolute atomic E-state index is 0.131. The topological polar surface area (TPSA) is 105 Å². The minimum Gasteiger partial charge on any atom is -0.497 e. The SMILES string of the molecule is [2H]C([2H])([2H])Oc1ccc(NC(C)=O)c(N)c1.[2H]C([2H])([2H])Oc1ccc2[nH]c(=S)[nH]c2c1. The number of amides is 1. The van der Waals surface area contributed by atoms with Crippen molar-refractivity contribution in [2.24, 2.45) is 0 Å². The van der Waals surface area contributed by atoms with Gasteiger partial charge in [-0.1, -0.05) is 0 Å². The summed E-state index contributed by atoms with van der Waals surface area (Å²) in [4.78, 5) is 16.6. The molecule has 1 heterocycles. The van der Waals surface area contributed by atoms with Crippen molar-refractivity contribution >= 4 is 40.5 Å². The number of ether oxygens (including phenoxy) is 2. The standard InChI is InChI=1S/C9H12N2O2.C8H8N2OS/c1-6(12)11-9-4-3-7(13-2)5-8(9)10;1-11-5-2-3-6-7(4-5)10-8(12)9-6/h3-5H,10H2,1-2H3,(H,11,12);2-4H,1H3,(H2,9,10,12)/i2D3;1D3. The third kappa shape index (κ3) is 4.98. The number of aromatic amines is 2. The first-order valence-corrected chi connectivity index (χ1v) is 7.40. The zero-order chi connectivity index (χ0) is 23.4. The largest absolute Gasteiger partial charge is 0.497 e. The average molecular weight is 366 g/mol. The Balaban J connectivity index is 0.000000220. The van der Waals surface area contributed by atoms with E-state index in [1.165, 1.54) is 25.1 Å². The number of hydrogen-bond acceptors (Lipinski definition) is 5. The summed E-state index contributed by atoms with van der Waals surface area (Å²) < 4.78 is 51.5. The number of imidazole rings is 1. The van der Waals surface area contributed by atoms with E-state index in [1.54, 1.807) is 18.2 Å². The number of benzene rings is 2. The van der Waals surface area contributed by atoms with E-state index in [2.05, 4.69) is 20.0 Å². The summed E-state index contributed by atoms with van der Waals surface area (Å²) in [5.41, 5.74) is 7.82. The van der Waals surface area contributed by atoms with Gasteiger partial charge >= 0.3 is 0 Å². The number of H-pyrrole nitrogens is 2. The summed E-state index contributed by atoms with van der Waals surface area (Å²) >= 11 is 4.90. The predicted octanol–water partition coefficient (Wildman–Crippen LogP) is 3.47. The van der Waals surface area contributed by atoms with Crippen molar-refractivity contribution in [1.29, 1.82) is 0 Å². The molecule has 7 nitrogen and oxygen atoms in total. The van der Waals surface area contributed by atoms with E-state index in [0.29, 0.717) is 10.5 Å². The van der Waals surface area contributed by atoms with Crippen LogP contribution in [0, 0.1) is 4.77 Å². The highest BCUT2D eigenvalue weighted by Crippen LogP contribution is 2.23. The first kappa shape index (κ1) is 11.5. The molecule has 0 aliphatic heterocycles. The molecule has 0 atom stereocenters. The predicted molar refractivity (Wildman–Crippen MR) is 102 cm³/mol. The van der Waals surface area contributed by atoms with E-state index in [1.807, 2.05) is 0 Å². The van der Waals surface area contributed by atoms with Crippen LogP contribution in [0.2, 0.25) is 0 Å². The third-order valence-corrected chi connectivity index (χ3v) is 3.26. The first-order chi connectivity index (χ1) is 14.2. The van der Waals surface area contributed by atoms with Crippen LogP contribution in [-0.2, 0) is 4.79 Å². The molecule has 0 saturated heterocycles. The van der Waals surface area contributed by atoms with E-state index < -0.39 is 14.1 Å². The van der Waals surface area contributed by atoms with Gasteiger partial charge in [-0.25, -0.2) is 0 Å². The molecule has 0 bridgehead atoms. The highest BCUT2D eigenvalue weighted by Gasteiger charge is 2.01. The Morgan fingerprint density at radius 3 is 2.40 bits per heavy atom. The normalized spacial score (nSPS) is 14.4. The molecule has 0 fully saturated rings. The molecule has 2 aromatic carbocycles. The van der Waals surface area contributed by atoms with Crippen molar-refractivity contribution in [3.8, 4) is 11.5 Å². The lowest BCUT2D eigenvalue weighted by molar-refractivity contribution is -0.114. The Bertz CT molecular complexity index is 1120. The second-order valence-electron chi connectivity index (χ2n) is 4.92. The lowest BCUT2D eigenvalue weighted by Crippen LogP contribution is -2.07. The Kier molecular flexibility index (Phi) is 3.79. The van der Waals surface area contributed by atoms with Crippen molar-refractivity contribution in [2.75, 3.05) is 25.1 Å². The smallest absolute Gasteiger partial charge is 0.221 e. The van der Waals surface area contributed by atoms with Gasteiger partial charge in [0.05, 0.1) is 44.7 Å². The van der Waals surface area contributed by atoms with Gasteiger partial charge in [-0.15, -0.1) is 0 Å². The molecule has 5 N–H and O–H groups in total. The second-order valence-corrected chi connectivity index (χ2v) is 5.33. The lowest BCUT2D eigenvalue weighted by atomic mass is 10.2. The first-order valence-electron chi connectivity index (χ1n) is 9.99. The number of nitrogen functional groups attached to an aromatic ring is 1. The fraction of sp³-hybridized carbons (Fsp3) is 0.176. The summed E-state index contributed by atoms with van der Waals surface area (Å²) in [5.74, 6) is 0.163. The van der Waals surface area contributed by atoms with Crippen molar-refractivity contribution < 1.29 is 22.5 Å². The molecule has 132 valence electrons. The third-order valence-electron chi connectivity index (χ3n) is 3.06. The highest BCUT2D eigenvalue weighted by molar-refractivity contribution is 7.71. The zero-order valence-electron chi connectivity index (χ0n) is 19.2. The maximum Gasteiger partial charge on any atom is 0.221 e. The Morgan fingerprint density at radius 1 is 1.12 bits per heavy atom. The fourth-order valence-electron chi connectivity index (χ4n) is 1.98. The number of nitrogens with two attached hydrogens (primary N) is 1. The van der Waals surface area contributed by atoms with Gasteiger partial charge in [0, 0.05) is 19.1 Å². The second kappa shape index (κ2) is 8.20. The van der Waals surface area contributed by atoms with Crippen LogP contribution in [-0.4, -0.2) is 30.0 Å². The van der Waals surface area contributed by atoms with Crippen molar-refractivity contribution in [3.63, 3.8) is 0 Å². The van der Waals surface area contributed by atoms with Crippen LogP contribution >= 0.6 is 12.2 Å². The van der Waals surface area contributed by atoms with E-state index in [4.69, 9.17) is 30.9 Å². The van der Waals surface area contributed by atoms with Gasteiger partial charge in [0.1, 0.15) is 11.5 Å². The van der Waals surface area contributed by atoms with Gasteiger partial charge < -0.3 is 30.5 Å². The Morgan fingerprint density at radius 2 is 1.76 bits per heavy atom. The molecule has 0 aliphatic rings. The molecule has 0 aliphatic carbocycles. The molecule has 3 aromatic rings.